The Hall–Kier alpha value is -3.33. The van der Waals surface area contributed by atoms with Gasteiger partial charge in [-0.05, 0) is 31.0 Å². The number of unbranched alkanes of at least 4 members (excludes halogenated alkanes) is 1. The van der Waals surface area contributed by atoms with E-state index in [2.05, 4.69) is 34.1 Å². The van der Waals surface area contributed by atoms with Gasteiger partial charge in [-0.15, -0.1) is 0 Å². The van der Waals surface area contributed by atoms with Gasteiger partial charge in [0.2, 0.25) is 0 Å². The standard InChI is InChI=1S/C25H31N5O3S/c1-6-8-12-30(11-7-2)19-10-9-18(22-23(19)34-25(27-22)33-5)24(31)26-17-13-16-15-29(3)28-21(16)20(14-17)32-4/h9-10,13-15H,6-8,11-12H2,1-5H3,(H,26,31). The van der Waals surface area contributed by atoms with Crippen LogP contribution in [0.25, 0.3) is 21.1 Å². The summed E-state index contributed by atoms with van der Waals surface area (Å²) in [7, 11) is 5.06. The predicted molar refractivity (Wildman–Crippen MR) is 139 cm³/mol. The fourth-order valence-electron chi connectivity index (χ4n) is 4.11. The molecule has 2 aromatic carbocycles. The van der Waals surface area contributed by atoms with E-state index in [1.807, 2.05) is 31.4 Å². The number of benzene rings is 2. The first-order valence-electron chi connectivity index (χ1n) is 11.5. The first-order chi connectivity index (χ1) is 16.5. The van der Waals surface area contributed by atoms with Gasteiger partial charge in [0.05, 0.1) is 30.2 Å². The Labute approximate surface area is 203 Å². The number of anilines is 2. The number of carbonyl (C=O) groups excluding carboxylic acids is 1. The topological polar surface area (TPSA) is 81.5 Å². The normalized spacial score (nSPS) is 11.2. The van der Waals surface area contributed by atoms with Crippen LogP contribution in [0, 0.1) is 0 Å². The lowest BCUT2D eigenvalue weighted by Gasteiger charge is -2.25. The quantitative estimate of drug-likeness (QED) is 0.324. The van der Waals surface area contributed by atoms with Gasteiger partial charge >= 0.3 is 0 Å². The highest BCUT2D eigenvalue weighted by atomic mass is 32.1. The number of amides is 1. The molecule has 0 aliphatic heterocycles. The van der Waals surface area contributed by atoms with E-state index in [9.17, 15) is 4.79 Å². The van der Waals surface area contributed by atoms with Gasteiger partial charge < -0.3 is 19.7 Å². The molecule has 0 saturated heterocycles. The molecule has 0 unspecified atom stereocenters. The lowest BCUT2D eigenvalue weighted by atomic mass is 10.1. The molecule has 0 bridgehead atoms. The van der Waals surface area contributed by atoms with E-state index in [1.54, 1.807) is 25.0 Å². The Balaban J connectivity index is 1.72. The lowest BCUT2D eigenvalue weighted by Crippen LogP contribution is -2.25. The van der Waals surface area contributed by atoms with Crippen LogP contribution in [0.3, 0.4) is 0 Å². The van der Waals surface area contributed by atoms with Crippen molar-refractivity contribution >= 4 is 49.7 Å². The van der Waals surface area contributed by atoms with Crippen molar-refractivity contribution in [1.82, 2.24) is 14.8 Å². The van der Waals surface area contributed by atoms with Gasteiger partial charge in [0.25, 0.3) is 11.1 Å². The first kappa shape index (κ1) is 23.8. The van der Waals surface area contributed by atoms with Gasteiger partial charge in [0, 0.05) is 43.5 Å². The zero-order valence-corrected chi connectivity index (χ0v) is 21.2. The van der Waals surface area contributed by atoms with Gasteiger partial charge in [-0.3, -0.25) is 9.48 Å². The maximum Gasteiger partial charge on any atom is 0.274 e. The highest BCUT2D eigenvalue weighted by molar-refractivity contribution is 7.21. The first-order valence-corrected chi connectivity index (χ1v) is 12.4. The summed E-state index contributed by atoms with van der Waals surface area (Å²) >= 11 is 1.47. The number of aromatic nitrogens is 3. The van der Waals surface area contributed by atoms with Crippen LogP contribution in [-0.2, 0) is 7.05 Å². The number of nitrogens with one attached hydrogen (secondary N) is 1. The summed E-state index contributed by atoms with van der Waals surface area (Å²) in [6.45, 7) is 6.29. The molecule has 0 aliphatic carbocycles. The third-order valence-corrected chi connectivity index (χ3v) is 6.74. The van der Waals surface area contributed by atoms with Crippen LogP contribution >= 0.6 is 11.3 Å². The van der Waals surface area contributed by atoms with Crippen LogP contribution in [0.1, 0.15) is 43.5 Å². The number of carbonyl (C=O) groups is 1. The zero-order valence-electron chi connectivity index (χ0n) is 20.3. The fraction of sp³-hybridized carbons (Fsp3) is 0.400. The van der Waals surface area contributed by atoms with Crippen LogP contribution in [-0.4, -0.2) is 48.0 Å². The molecule has 0 radical (unpaired) electrons. The molecule has 9 heteroatoms. The van der Waals surface area contributed by atoms with Crippen molar-refractivity contribution in [2.45, 2.75) is 33.1 Å². The van der Waals surface area contributed by atoms with Crippen molar-refractivity contribution in [3.05, 3.63) is 36.0 Å². The third kappa shape index (κ3) is 4.65. The van der Waals surface area contributed by atoms with Crippen LogP contribution in [0.2, 0.25) is 0 Å². The number of hydrogen-bond donors (Lipinski definition) is 1. The van der Waals surface area contributed by atoms with Gasteiger partial charge in [-0.1, -0.05) is 31.6 Å². The Morgan fingerprint density at radius 3 is 2.65 bits per heavy atom. The summed E-state index contributed by atoms with van der Waals surface area (Å²) < 4.78 is 13.6. The molecule has 8 nitrogen and oxygen atoms in total. The van der Waals surface area contributed by atoms with Gasteiger partial charge in [0.1, 0.15) is 16.8 Å². The van der Waals surface area contributed by atoms with Crippen molar-refractivity contribution < 1.29 is 14.3 Å². The molecule has 0 fully saturated rings. The molecule has 34 heavy (non-hydrogen) atoms. The van der Waals surface area contributed by atoms with Crippen LogP contribution in [0.5, 0.6) is 10.9 Å². The zero-order chi connectivity index (χ0) is 24.2. The third-order valence-electron chi connectivity index (χ3n) is 5.70. The minimum atomic E-state index is -0.231. The van der Waals surface area contributed by atoms with E-state index >= 15 is 0 Å². The molecule has 180 valence electrons. The number of hydrogen-bond acceptors (Lipinski definition) is 7. The molecule has 4 aromatic rings. The molecular formula is C25H31N5O3S. The average Bonchev–Trinajstić information content (AvgIpc) is 3.43. The fourth-order valence-corrected chi connectivity index (χ4v) is 5.06. The maximum absolute atomic E-state index is 13.4. The van der Waals surface area contributed by atoms with E-state index < -0.39 is 0 Å². The van der Waals surface area contributed by atoms with Crippen LogP contribution in [0.4, 0.5) is 11.4 Å². The second-order valence-corrected chi connectivity index (χ2v) is 9.17. The summed E-state index contributed by atoms with van der Waals surface area (Å²) in [6, 6.07) is 7.57. The lowest BCUT2D eigenvalue weighted by molar-refractivity contribution is 0.102. The summed E-state index contributed by atoms with van der Waals surface area (Å²) in [5.74, 6) is 0.376. The number of fused-ring (bicyclic) bond motifs is 2. The largest absolute Gasteiger partial charge is 0.494 e. The van der Waals surface area contributed by atoms with E-state index in [0.29, 0.717) is 27.7 Å². The Morgan fingerprint density at radius 2 is 1.94 bits per heavy atom. The maximum atomic E-state index is 13.4. The second kappa shape index (κ2) is 10.3. The smallest absolute Gasteiger partial charge is 0.274 e. The van der Waals surface area contributed by atoms with Crippen molar-refractivity contribution in [3.63, 3.8) is 0 Å². The number of rotatable bonds is 10. The van der Waals surface area contributed by atoms with Crippen molar-refractivity contribution in [2.24, 2.45) is 7.05 Å². The monoisotopic (exact) mass is 481 g/mol. The van der Waals surface area contributed by atoms with E-state index in [1.165, 1.54) is 11.3 Å². The summed E-state index contributed by atoms with van der Waals surface area (Å²) in [4.78, 5) is 20.4. The summed E-state index contributed by atoms with van der Waals surface area (Å²) in [6.07, 6.45) is 5.17. The number of ether oxygens (including phenoxy) is 2. The van der Waals surface area contributed by atoms with Gasteiger partial charge in [0.15, 0.2) is 0 Å². The SMILES string of the molecule is CCCCN(CCC)c1ccc(C(=O)Nc2cc(OC)c3nn(C)cc3c2)c2nc(OC)sc12. The number of nitrogens with zero attached hydrogens (tertiary/aromatic N) is 4. The minimum Gasteiger partial charge on any atom is -0.494 e. The van der Waals surface area contributed by atoms with E-state index in [-0.39, 0.29) is 5.91 Å². The molecule has 2 heterocycles. The minimum absolute atomic E-state index is 0.231. The average molecular weight is 482 g/mol. The highest BCUT2D eigenvalue weighted by Crippen LogP contribution is 2.38. The van der Waals surface area contributed by atoms with Crippen LogP contribution < -0.4 is 19.7 Å². The van der Waals surface area contributed by atoms with E-state index in [0.717, 1.165) is 53.6 Å². The Bertz CT molecular complexity index is 1310. The molecule has 0 aliphatic rings. The molecule has 0 atom stereocenters. The van der Waals surface area contributed by atoms with Crippen molar-refractivity contribution in [3.8, 4) is 10.9 Å². The van der Waals surface area contributed by atoms with Crippen molar-refractivity contribution in [2.75, 3.05) is 37.5 Å². The van der Waals surface area contributed by atoms with Crippen molar-refractivity contribution in [1.29, 1.82) is 0 Å². The summed E-state index contributed by atoms with van der Waals surface area (Å²) in [5, 5.41) is 8.88. The number of aryl methyl sites for hydroxylation is 1. The van der Waals surface area contributed by atoms with Gasteiger partial charge in [-0.2, -0.15) is 5.10 Å². The molecule has 2 aromatic heterocycles. The number of thiazole rings is 1. The molecule has 0 saturated carbocycles. The second-order valence-electron chi connectivity index (χ2n) is 8.21. The van der Waals surface area contributed by atoms with Crippen LogP contribution in [0.15, 0.2) is 30.5 Å². The molecule has 4 rings (SSSR count). The molecular weight excluding hydrogens is 450 g/mol. The van der Waals surface area contributed by atoms with Gasteiger partial charge in [-0.25, -0.2) is 4.98 Å². The molecule has 1 N–H and O–H groups in total. The molecule has 1 amide bonds. The predicted octanol–water partition coefficient (Wildman–Crippen LogP) is 5.47. The highest BCUT2D eigenvalue weighted by Gasteiger charge is 2.21. The number of methoxy groups -OCH3 is 2. The van der Waals surface area contributed by atoms with E-state index in [4.69, 9.17) is 9.47 Å². The Morgan fingerprint density at radius 1 is 1.12 bits per heavy atom. The summed E-state index contributed by atoms with van der Waals surface area (Å²) in [5.41, 5.74) is 3.65. The Kier molecular flexibility index (Phi) is 7.21. The molecule has 0 spiro atoms.